The summed E-state index contributed by atoms with van der Waals surface area (Å²) in [6.45, 7) is 8.34. The molecular formula is C9H13NO2. The van der Waals surface area contributed by atoms with Gasteiger partial charge in [-0.15, -0.1) is 6.58 Å². The van der Waals surface area contributed by atoms with E-state index in [-0.39, 0.29) is 12.1 Å². The number of carbonyl (C=O) groups is 1. The van der Waals surface area contributed by atoms with Gasteiger partial charge in [0.05, 0.1) is 6.61 Å². The van der Waals surface area contributed by atoms with Gasteiger partial charge < -0.3 is 9.64 Å². The third kappa shape index (κ3) is 2.20. The lowest BCUT2D eigenvalue weighted by atomic mass is 10.3. The summed E-state index contributed by atoms with van der Waals surface area (Å²) in [4.78, 5) is 12.9. The first-order valence-corrected chi connectivity index (χ1v) is 3.95. The molecule has 66 valence electrons. The molecule has 1 fully saturated rings. The molecule has 1 rings (SSSR count). The predicted octanol–water partition coefficient (Wildman–Crippen LogP) is 0.933. The monoisotopic (exact) mass is 167 g/mol. The summed E-state index contributed by atoms with van der Waals surface area (Å²) in [6, 6.07) is 0. The minimum Gasteiger partial charge on any atom is -0.351 e. The van der Waals surface area contributed by atoms with Crippen LogP contribution in [0.4, 0.5) is 0 Å². The van der Waals surface area contributed by atoms with Gasteiger partial charge in [0.2, 0.25) is 5.91 Å². The second-order valence-electron chi connectivity index (χ2n) is 2.60. The van der Waals surface area contributed by atoms with Crippen LogP contribution in [-0.4, -0.2) is 30.2 Å². The summed E-state index contributed by atoms with van der Waals surface area (Å²) in [7, 11) is 0. The Bertz CT molecular complexity index is 197. The van der Waals surface area contributed by atoms with Gasteiger partial charge >= 0.3 is 0 Å². The lowest BCUT2D eigenvalue weighted by Crippen LogP contribution is -2.33. The lowest BCUT2D eigenvalue weighted by molar-refractivity contribution is -0.128. The summed E-state index contributed by atoms with van der Waals surface area (Å²) >= 11 is 0. The maximum atomic E-state index is 11.2. The second-order valence-corrected chi connectivity index (χ2v) is 2.60. The molecule has 3 nitrogen and oxygen atoms in total. The Morgan fingerprint density at radius 3 is 2.75 bits per heavy atom. The van der Waals surface area contributed by atoms with Gasteiger partial charge in [-0.1, -0.05) is 12.7 Å². The van der Waals surface area contributed by atoms with Crippen LogP contribution in [0, 0.1) is 0 Å². The fourth-order valence-corrected chi connectivity index (χ4v) is 0.967. The Morgan fingerprint density at radius 1 is 1.67 bits per heavy atom. The van der Waals surface area contributed by atoms with Crippen LogP contribution >= 0.6 is 0 Å². The SMILES string of the molecule is C=CCCN(C(=O)C=C)C1CO1. The van der Waals surface area contributed by atoms with Crippen molar-refractivity contribution in [1.29, 1.82) is 0 Å². The molecule has 0 spiro atoms. The molecule has 0 aromatic heterocycles. The first kappa shape index (κ1) is 9.00. The highest BCUT2D eigenvalue weighted by Gasteiger charge is 2.31. The normalized spacial score (nSPS) is 19.8. The van der Waals surface area contributed by atoms with Crippen molar-refractivity contribution < 1.29 is 9.53 Å². The minimum absolute atomic E-state index is 0.0181. The van der Waals surface area contributed by atoms with Crippen LogP contribution in [0.2, 0.25) is 0 Å². The van der Waals surface area contributed by atoms with E-state index in [0.717, 1.165) is 6.42 Å². The fourth-order valence-electron chi connectivity index (χ4n) is 0.967. The van der Waals surface area contributed by atoms with Gasteiger partial charge in [0.15, 0.2) is 6.23 Å². The van der Waals surface area contributed by atoms with Crippen LogP contribution in [-0.2, 0) is 9.53 Å². The zero-order valence-corrected chi connectivity index (χ0v) is 7.03. The van der Waals surface area contributed by atoms with Crippen molar-refractivity contribution in [3.8, 4) is 0 Å². The van der Waals surface area contributed by atoms with E-state index >= 15 is 0 Å². The zero-order chi connectivity index (χ0) is 8.97. The Kier molecular flexibility index (Phi) is 3.05. The molecule has 1 aliphatic rings. The van der Waals surface area contributed by atoms with E-state index in [2.05, 4.69) is 13.2 Å². The number of hydrogen-bond acceptors (Lipinski definition) is 2. The molecule has 1 atom stereocenters. The molecule has 0 radical (unpaired) electrons. The molecule has 0 aliphatic carbocycles. The Labute approximate surface area is 72.3 Å². The molecule has 12 heavy (non-hydrogen) atoms. The summed E-state index contributed by atoms with van der Waals surface area (Å²) < 4.78 is 5.01. The Morgan fingerprint density at radius 2 is 2.33 bits per heavy atom. The highest BCUT2D eigenvalue weighted by atomic mass is 16.6. The van der Waals surface area contributed by atoms with Gasteiger partial charge in [0, 0.05) is 6.54 Å². The molecule has 0 N–H and O–H groups in total. The predicted molar refractivity (Wildman–Crippen MR) is 46.5 cm³/mol. The van der Waals surface area contributed by atoms with E-state index in [1.807, 2.05) is 0 Å². The summed E-state index contributed by atoms with van der Waals surface area (Å²) in [5.74, 6) is -0.0700. The van der Waals surface area contributed by atoms with Crippen LogP contribution in [0.1, 0.15) is 6.42 Å². The van der Waals surface area contributed by atoms with Crippen molar-refractivity contribution in [2.24, 2.45) is 0 Å². The zero-order valence-electron chi connectivity index (χ0n) is 7.03. The highest BCUT2D eigenvalue weighted by molar-refractivity contribution is 5.87. The van der Waals surface area contributed by atoms with Crippen LogP contribution in [0.25, 0.3) is 0 Å². The van der Waals surface area contributed by atoms with Crippen LogP contribution in [0.5, 0.6) is 0 Å². The molecule has 1 unspecified atom stereocenters. The van der Waals surface area contributed by atoms with E-state index < -0.39 is 0 Å². The number of nitrogens with zero attached hydrogens (tertiary/aromatic N) is 1. The average molecular weight is 167 g/mol. The van der Waals surface area contributed by atoms with E-state index in [9.17, 15) is 4.79 Å². The Hall–Kier alpha value is -1.09. The lowest BCUT2D eigenvalue weighted by Gasteiger charge is -2.17. The molecule has 1 saturated heterocycles. The fraction of sp³-hybridized carbons (Fsp3) is 0.444. The van der Waals surface area contributed by atoms with Crippen LogP contribution < -0.4 is 0 Å². The topological polar surface area (TPSA) is 32.8 Å². The number of rotatable bonds is 5. The van der Waals surface area contributed by atoms with Gasteiger partial charge in [-0.25, -0.2) is 0 Å². The van der Waals surface area contributed by atoms with Crippen molar-refractivity contribution in [2.45, 2.75) is 12.6 Å². The molecule has 0 aromatic rings. The second kappa shape index (κ2) is 4.07. The Balaban J connectivity index is 2.41. The van der Waals surface area contributed by atoms with Crippen molar-refractivity contribution >= 4 is 5.91 Å². The van der Waals surface area contributed by atoms with Crippen molar-refractivity contribution in [3.63, 3.8) is 0 Å². The summed E-state index contributed by atoms with van der Waals surface area (Å²) in [5, 5.41) is 0. The van der Waals surface area contributed by atoms with Crippen LogP contribution in [0.3, 0.4) is 0 Å². The third-order valence-electron chi connectivity index (χ3n) is 1.70. The van der Waals surface area contributed by atoms with Gasteiger partial charge in [0.25, 0.3) is 0 Å². The third-order valence-corrected chi connectivity index (χ3v) is 1.70. The largest absolute Gasteiger partial charge is 0.351 e. The molecule has 0 saturated carbocycles. The van der Waals surface area contributed by atoms with Gasteiger partial charge in [-0.05, 0) is 12.5 Å². The van der Waals surface area contributed by atoms with Gasteiger partial charge in [-0.2, -0.15) is 0 Å². The van der Waals surface area contributed by atoms with E-state index in [1.165, 1.54) is 6.08 Å². The number of carbonyl (C=O) groups excluding carboxylic acids is 1. The summed E-state index contributed by atoms with van der Waals surface area (Å²) in [6.07, 6.45) is 3.87. The quantitative estimate of drug-likeness (QED) is 0.347. The number of amides is 1. The molecule has 1 heterocycles. The molecular weight excluding hydrogens is 154 g/mol. The maximum absolute atomic E-state index is 11.2. The van der Waals surface area contributed by atoms with E-state index in [0.29, 0.717) is 13.2 Å². The van der Waals surface area contributed by atoms with Gasteiger partial charge in [-0.3, -0.25) is 4.79 Å². The molecule has 1 aliphatic heterocycles. The average Bonchev–Trinajstić information content (AvgIpc) is 2.88. The number of ether oxygens (including phenoxy) is 1. The first-order chi connectivity index (χ1) is 5.79. The number of epoxide rings is 1. The van der Waals surface area contributed by atoms with Crippen molar-refractivity contribution in [2.75, 3.05) is 13.2 Å². The molecule has 0 bridgehead atoms. The van der Waals surface area contributed by atoms with Gasteiger partial charge in [0.1, 0.15) is 0 Å². The van der Waals surface area contributed by atoms with Crippen molar-refractivity contribution in [3.05, 3.63) is 25.3 Å². The molecule has 0 aromatic carbocycles. The highest BCUT2D eigenvalue weighted by Crippen LogP contribution is 2.15. The minimum atomic E-state index is -0.0700. The molecule has 1 amide bonds. The molecule has 3 heteroatoms. The smallest absolute Gasteiger partial charge is 0.248 e. The van der Waals surface area contributed by atoms with E-state index in [4.69, 9.17) is 4.74 Å². The van der Waals surface area contributed by atoms with Crippen molar-refractivity contribution in [1.82, 2.24) is 4.90 Å². The first-order valence-electron chi connectivity index (χ1n) is 3.95. The standard InChI is InChI=1S/C9H13NO2/c1-3-5-6-10(8(11)4-2)9-7-12-9/h3-4,9H,1-2,5-7H2. The maximum Gasteiger partial charge on any atom is 0.248 e. The van der Waals surface area contributed by atoms with E-state index in [1.54, 1.807) is 11.0 Å². The van der Waals surface area contributed by atoms with Crippen LogP contribution in [0.15, 0.2) is 25.3 Å². The summed E-state index contributed by atoms with van der Waals surface area (Å²) in [5.41, 5.74) is 0. The number of hydrogen-bond donors (Lipinski definition) is 0.